The molecule has 1 aromatic heterocycles. The molecule has 0 radical (unpaired) electrons. The summed E-state index contributed by atoms with van der Waals surface area (Å²) in [5, 5.41) is 3.43. The van der Waals surface area contributed by atoms with E-state index in [9.17, 15) is 4.79 Å². The Balaban J connectivity index is 2.13. The molecule has 0 saturated carbocycles. The van der Waals surface area contributed by atoms with E-state index in [-0.39, 0.29) is 11.6 Å². The third kappa shape index (κ3) is 4.20. The number of hydrogen-bond acceptors (Lipinski definition) is 3. The van der Waals surface area contributed by atoms with Gasteiger partial charge < -0.3 is 14.6 Å². The van der Waals surface area contributed by atoms with Gasteiger partial charge >= 0.3 is 0 Å². The van der Waals surface area contributed by atoms with E-state index in [1.165, 1.54) is 11.1 Å². The Labute approximate surface area is 125 Å². The number of nitrogens with one attached hydrogen (secondary N) is 1. The van der Waals surface area contributed by atoms with E-state index in [1.807, 2.05) is 12.3 Å². The standard InChI is InChI=1S/C17H22N2O2/c1-13-5-4-6-15(11-13)14(2)18-16-7-8-17(20)19(12-16)9-10-21-3/h4-8,11-12,14,18H,9-10H2,1-3H3. The summed E-state index contributed by atoms with van der Waals surface area (Å²) in [7, 11) is 1.63. The van der Waals surface area contributed by atoms with Crippen molar-refractivity contribution in [2.24, 2.45) is 0 Å². The van der Waals surface area contributed by atoms with E-state index in [4.69, 9.17) is 4.74 Å². The summed E-state index contributed by atoms with van der Waals surface area (Å²) in [6.45, 7) is 5.28. The van der Waals surface area contributed by atoms with E-state index >= 15 is 0 Å². The first-order chi connectivity index (χ1) is 10.1. The molecule has 0 amide bonds. The zero-order chi connectivity index (χ0) is 15.2. The van der Waals surface area contributed by atoms with Crippen LogP contribution in [0.3, 0.4) is 0 Å². The molecular weight excluding hydrogens is 264 g/mol. The quantitative estimate of drug-likeness (QED) is 0.888. The normalized spacial score (nSPS) is 12.1. The maximum absolute atomic E-state index is 11.8. The molecule has 1 unspecified atom stereocenters. The molecule has 2 aromatic rings. The minimum Gasteiger partial charge on any atom is -0.383 e. The number of ether oxygens (including phenoxy) is 1. The van der Waals surface area contributed by atoms with Gasteiger partial charge in [0, 0.05) is 32.0 Å². The molecule has 1 heterocycles. The first kappa shape index (κ1) is 15.3. The number of aryl methyl sites for hydroxylation is 1. The highest BCUT2D eigenvalue weighted by molar-refractivity contribution is 5.43. The molecule has 0 bridgehead atoms. The van der Waals surface area contributed by atoms with Crippen LogP contribution in [-0.2, 0) is 11.3 Å². The summed E-state index contributed by atoms with van der Waals surface area (Å²) in [6, 6.07) is 12.0. The molecule has 2 rings (SSSR count). The zero-order valence-electron chi connectivity index (χ0n) is 12.8. The minimum absolute atomic E-state index is 0.0131. The van der Waals surface area contributed by atoms with E-state index in [0.29, 0.717) is 13.2 Å². The van der Waals surface area contributed by atoms with Crippen molar-refractivity contribution in [3.05, 3.63) is 64.1 Å². The second kappa shape index (κ2) is 7.09. The number of benzene rings is 1. The largest absolute Gasteiger partial charge is 0.383 e. The Morgan fingerprint density at radius 3 is 2.81 bits per heavy atom. The van der Waals surface area contributed by atoms with Crippen LogP contribution >= 0.6 is 0 Å². The highest BCUT2D eigenvalue weighted by Crippen LogP contribution is 2.19. The summed E-state index contributed by atoms with van der Waals surface area (Å²) in [5.41, 5.74) is 3.39. The Kier molecular flexibility index (Phi) is 5.17. The van der Waals surface area contributed by atoms with Crippen LogP contribution in [0, 0.1) is 6.92 Å². The number of anilines is 1. The molecule has 0 aliphatic carbocycles. The molecule has 4 heteroatoms. The van der Waals surface area contributed by atoms with Crippen LogP contribution in [0.15, 0.2) is 47.4 Å². The van der Waals surface area contributed by atoms with Crippen molar-refractivity contribution in [3.8, 4) is 0 Å². The smallest absolute Gasteiger partial charge is 0.250 e. The molecule has 4 nitrogen and oxygen atoms in total. The van der Waals surface area contributed by atoms with Crippen molar-refractivity contribution in [3.63, 3.8) is 0 Å². The number of pyridine rings is 1. The fourth-order valence-electron chi connectivity index (χ4n) is 2.25. The molecule has 1 atom stereocenters. The minimum atomic E-state index is -0.0131. The van der Waals surface area contributed by atoms with Gasteiger partial charge in [-0.3, -0.25) is 4.79 Å². The van der Waals surface area contributed by atoms with Crippen molar-refractivity contribution in [1.29, 1.82) is 0 Å². The maximum atomic E-state index is 11.8. The zero-order valence-corrected chi connectivity index (χ0v) is 12.8. The molecule has 0 fully saturated rings. The Morgan fingerprint density at radius 2 is 2.10 bits per heavy atom. The number of rotatable bonds is 6. The van der Waals surface area contributed by atoms with Crippen LogP contribution in [0.5, 0.6) is 0 Å². The molecule has 1 N–H and O–H groups in total. The van der Waals surface area contributed by atoms with Crippen LogP contribution in [0.2, 0.25) is 0 Å². The van der Waals surface area contributed by atoms with Gasteiger partial charge in [-0.15, -0.1) is 0 Å². The lowest BCUT2D eigenvalue weighted by Gasteiger charge is -2.17. The molecular formula is C17H22N2O2. The average molecular weight is 286 g/mol. The second-order valence-corrected chi connectivity index (χ2v) is 5.22. The van der Waals surface area contributed by atoms with Gasteiger partial charge in [0.05, 0.1) is 12.3 Å². The third-order valence-electron chi connectivity index (χ3n) is 3.45. The van der Waals surface area contributed by atoms with E-state index in [0.717, 1.165) is 5.69 Å². The first-order valence-corrected chi connectivity index (χ1v) is 7.12. The predicted molar refractivity (Wildman–Crippen MR) is 85.8 cm³/mol. The highest BCUT2D eigenvalue weighted by Gasteiger charge is 2.06. The highest BCUT2D eigenvalue weighted by atomic mass is 16.5. The lowest BCUT2D eigenvalue weighted by Crippen LogP contribution is -2.21. The molecule has 0 aliphatic rings. The van der Waals surface area contributed by atoms with Crippen LogP contribution in [0.4, 0.5) is 5.69 Å². The van der Waals surface area contributed by atoms with Gasteiger partial charge in [-0.2, -0.15) is 0 Å². The summed E-state index contributed by atoms with van der Waals surface area (Å²) in [4.78, 5) is 11.8. The van der Waals surface area contributed by atoms with Crippen LogP contribution in [0.1, 0.15) is 24.1 Å². The Hall–Kier alpha value is -2.07. The molecule has 112 valence electrons. The second-order valence-electron chi connectivity index (χ2n) is 5.22. The first-order valence-electron chi connectivity index (χ1n) is 7.12. The average Bonchev–Trinajstić information content (AvgIpc) is 2.47. The number of nitrogens with zero attached hydrogens (tertiary/aromatic N) is 1. The number of aromatic nitrogens is 1. The summed E-state index contributed by atoms with van der Waals surface area (Å²) in [6.07, 6.45) is 1.84. The van der Waals surface area contributed by atoms with E-state index < -0.39 is 0 Å². The Bertz CT molecular complexity index is 649. The number of hydrogen-bond donors (Lipinski definition) is 1. The van der Waals surface area contributed by atoms with Crippen molar-refractivity contribution in [2.45, 2.75) is 26.4 Å². The van der Waals surface area contributed by atoms with Crippen LogP contribution < -0.4 is 10.9 Å². The fraction of sp³-hybridized carbons (Fsp3) is 0.353. The van der Waals surface area contributed by atoms with Crippen molar-refractivity contribution < 1.29 is 4.74 Å². The van der Waals surface area contributed by atoms with Crippen molar-refractivity contribution in [2.75, 3.05) is 19.0 Å². The van der Waals surface area contributed by atoms with Gasteiger partial charge in [0.2, 0.25) is 0 Å². The maximum Gasteiger partial charge on any atom is 0.250 e. The topological polar surface area (TPSA) is 43.3 Å². The SMILES string of the molecule is COCCn1cc(NC(C)c2cccc(C)c2)ccc1=O. The molecule has 0 spiro atoms. The monoisotopic (exact) mass is 286 g/mol. The predicted octanol–water partition coefficient (Wildman–Crippen LogP) is 2.98. The van der Waals surface area contributed by atoms with Gasteiger partial charge in [0.25, 0.3) is 5.56 Å². The lowest BCUT2D eigenvalue weighted by atomic mass is 10.1. The van der Waals surface area contributed by atoms with Gasteiger partial charge in [0.1, 0.15) is 0 Å². The third-order valence-corrected chi connectivity index (χ3v) is 3.45. The van der Waals surface area contributed by atoms with Gasteiger partial charge in [-0.05, 0) is 25.5 Å². The van der Waals surface area contributed by atoms with E-state index in [1.54, 1.807) is 17.7 Å². The summed E-state index contributed by atoms with van der Waals surface area (Å²) < 4.78 is 6.69. The molecule has 0 aliphatic heterocycles. The van der Waals surface area contributed by atoms with Gasteiger partial charge in [-0.25, -0.2) is 0 Å². The molecule has 1 aromatic carbocycles. The fourth-order valence-corrected chi connectivity index (χ4v) is 2.25. The van der Waals surface area contributed by atoms with Gasteiger partial charge in [0.15, 0.2) is 0 Å². The van der Waals surface area contributed by atoms with Crippen molar-refractivity contribution in [1.82, 2.24) is 4.57 Å². The van der Waals surface area contributed by atoms with Crippen LogP contribution in [0.25, 0.3) is 0 Å². The lowest BCUT2D eigenvalue weighted by molar-refractivity contribution is 0.186. The summed E-state index contributed by atoms with van der Waals surface area (Å²) in [5.74, 6) is 0. The number of methoxy groups -OCH3 is 1. The van der Waals surface area contributed by atoms with Crippen molar-refractivity contribution >= 4 is 5.69 Å². The van der Waals surface area contributed by atoms with Crippen LogP contribution in [-0.4, -0.2) is 18.3 Å². The molecule has 0 saturated heterocycles. The molecule has 21 heavy (non-hydrogen) atoms. The Morgan fingerprint density at radius 1 is 1.29 bits per heavy atom. The van der Waals surface area contributed by atoms with Gasteiger partial charge in [-0.1, -0.05) is 29.8 Å². The summed E-state index contributed by atoms with van der Waals surface area (Å²) >= 11 is 0. The van der Waals surface area contributed by atoms with E-state index in [2.05, 4.69) is 43.4 Å².